The zero-order valence-electron chi connectivity index (χ0n) is 13.5. The van der Waals surface area contributed by atoms with Gasteiger partial charge in [-0.15, -0.1) is 24.0 Å². The molecule has 1 aromatic heterocycles. The van der Waals surface area contributed by atoms with Crippen molar-refractivity contribution in [2.45, 2.75) is 6.54 Å². The summed E-state index contributed by atoms with van der Waals surface area (Å²) in [6, 6.07) is 13.4. The second-order valence-corrected chi connectivity index (χ2v) is 4.91. The van der Waals surface area contributed by atoms with Gasteiger partial charge in [-0.2, -0.15) is 0 Å². The Balaban J connectivity index is 0.00000264. The van der Waals surface area contributed by atoms with E-state index in [0.29, 0.717) is 18.3 Å². The van der Waals surface area contributed by atoms with Crippen molar-refractivity contribution < 1.29 is 4.74 Å². The van der Waals surface area contributed by atoms with E-state index in [0.717, 1.165) is 17.2 Å². The van der Waals surface area contributed by atoms with Crippen LogP contribution in [0.3, 0.4) is 0 Å². The number of aromatic nitrogens is 1. The minimum absolute atomic E-state index is 0. The smallest absolute Gasteiger partial charge is 0.193 e. The van der Waals surface area contributed by atoms with Crippen LogP contribution in [-0.4, -0.2) is 32.1 Å². The van der Waals surface area contributed by atoms with Gasteiger partial charge in [-0.05, 0) is 24.3 Å². The molecule has 0 fully saturated rings. The van der Waals surface area contributed by atoms with E-state index in [9.17, 15) is 0 Å². The number of ether oxygens (including phenoxy) is 1. The molecule has 23 heavy (non-hydrogen) atoms. The lowest BCUT2D eigenvalue weighted by molar-refractivity contribution is 0.417. The highest BCUT2D eigenvalue weighted by molar-refractivity contribution is 14.0. The van der Waals surface area contributed by atoms with E-state index in [1.807, 2.05) is 61.5 Å². The van der Waals surface area contributed by atoms with Crippen LogP contribution in [0.15, 0.2) is 47.5 Å². The van der Waals surface area contributed by atoms with Gasteiger partial charge < -0.3 is 20.7 Å². The molecule has 0 atom stereocenters. The minimum Gasteiger partial charge on any atom is -0.495 e. The van der Waals surface area contributed by atoms with Gasteiger partial charge in [0.25, 0.3) is 0 Å². The Labute approximate surface area is 153 Å². The summed E-state index contributed by atoms with van der Waals surface area (Å²) in [5, 5.41) is 3.03. The second kappa shape index (κ2) is 9.19. The van der Waals surface area contributed by atoms with Crippen LogP contribution in [0.1, 0.15) is 5.69 Å². The van der Waals surface area contributed by atoms with Crippen molar-refractivity contribution in [3.05, 3.63) is 48.2 Å². The number of pyridine rings is 1. The number of anilines is 2. The van der Waals surface area contributed by atoms with E-state index in [1.54, 1.807) is 7.11 Å². The predicted octanol–water partition coefficient (Wildman–Crippen LogP) is 2.70. The quantitative estimate of drug-likeness (QED) is 0.436. The molecule has 1 aromatic carbocycles. The molecular formula is C16H22IN5O. The lowest BCUT2D eigenvalue weighted by atomic mass is 10.3. The fourth-order valence-electron chi connectivity index (χ4n) is 1.90. The number of nitrogens with one attached hydrogen (secondary N) is 1. The van der Waals surface area contributed by atoms with Gasteiger partial charge in [-0.3, -0.25) is 0 Å². The summed E-state index contributed by atoms with van der Waals surface area (Å²) in [7, 11) is 5.52. The van der Waals surface area contributed by atoms with E-state index < -0.39 is 0 Å². The molecule has 0 unspecified atom stereocenters. The largest absolute Gasteiger partial charge is 0.495 e. The zero-order chi connectivity index (χ0) is 15.9. The third-order valence-corrected chi connectivity index (χ3v) is 3.03. The van der Waals surface area contributed by atoms with Crippen LogP contribution in [-0.2, 0) is 6.54 Å². The number of halogens is 1. The van der Waals surface area contributed by atoms with Crippen LogP contribution in [0.5, 0.6) is 5.75 Å². The van der Waals surface area contributed by atoms with Gasteiger partial charge >= 0.3 is 0 Å². The molecule has 2 rings (SSSR count). The molecule has 0 saturated heterocycles. The maximum Gasteiger partial charge on any atom is 0.193 e. The fraction of sp³-hybridized carbons (Fsp3) is 0.250. The van der Waals surface area contributed by atoms with Gasteiger partial charge in [0.15, 0.2) is 5.96 Å². The highest BCUT2D eigenvalue weighted by Crippen LogP contribution is 2.22. The first kappa shape index (κ1) is 19.0. The Bertz CT molecular complexity index is 660. The third-order valence-electron chi connectivity index (χ3n) is 3.03. The Kier molecular flexibility index (Phi) is 7.60. The van der Waals surface area contributed by atoms with E-state index in [4.69, 9.17) is 10.5 Å². The first-order valence-electron chi connectivity index (χ1n) is 6.93. The summed E-state index contributed by atoms with van der Waals surface area (Å²) in [6.07, 6.45) is 0. The standard InChI is InChI=1S/C16H21N5O.HI/c1-21(2)15-10-6-7-12(19-15)11-18-16(17)20-13-8-4-5-9-14(13)22-3;/h4-10H,11H2,1-3H3,(H3,17,18,20);1H. The van der Waals surface area contributed by atoms with Crippen molar-refractivity contribution >= 4 is 41.4 Å². The van der Waals surface area contributed by atoms with Gasteiger partial charge in [0.05, 0.1) is 25.0 Å². The van der Waals surface area contributed by atoms with Crippen LogP contribution >= 0.6 is 24.0 Å². The summed E-state index contributed by atoms with van der Waals surface area (Å²) < 4.78 is 5.26. The molecule has 0 aliphatic carbocycles. The van der Waals surface area contributed by atoms with Crippen molar-refractivity contribution in [2.75, 3.05) is 31.4 Å². The SMILES string of the molecule is COc1ccccc1NC(N)=NCc1cccc(N(C)C)n1.I. The van der Waals surface area contributed by atoms with E-state index in [-0.39, 0.29) is 24.0 Å². The fourth-order valence-corrected chi connectivity index (χ4v) is 1.90. The first-order valence-corrected chi connectivity index (χ1v) is 6.93. The molecule has 6 nitrogen and oxygen atoms in total. The van der Waals surface area contributed by atoms with Gasteiger partial charge in [-0.25, -0.2) is 9.98 Å². The monoisotopic (exact) mass is 427 g/mol. The molecule has 0 amide bonds. The molecule has 2 aromatic rings. The number of nitrogens with two attached hydrogens (primary N) is 1. The average molecular weight is 427 g/mol. The van der Waals surface area contributed by atoms with E-state index >= 15 is 0 Å². The van der Waals surface area contributed by atoms with E-state index in [2.05, 4.69) is 15.3 Å². The lowest BCUT2D eigenvalue weighted by Gasteiger charge is -2.12. The number of benzene rings is 1. The zero-order valence-corrected chi connectivity index (χ0v) is 15.8. The molecule has 3 N–H and O–H groups in total. The van der Waals surface area contributed by atoms with Crippen LogP contribution in [0.25, 0.3) is 0 Å². The lowest BCUT2D eigenvalue weighted by Crippen LogP contribution is -2.23. The van der Waals surface area contributed by atoms with Crippen molar-refractivity contribution in [3.63, 3.8) is 0 Å². The molecule has 0 saturated carbocycles. The summed E-state index contributed by atoms with van der Waals surface area (Å²) in [5.41, 5.74) is 7.56. The van der Waals surface area contributed by atoms with E-state index in [1.165, 1.54) is 0 Å². The molecule has 0 spiro atoms. The van der Waals surface area contributed by atoms with Gasteiger partial charge in [0.2, 0.25) is 0 Å². The Morgan fingerprint density at radius 3 is 2.65 bits per heavy atom. The predicted molar refractivity (Wildman–Crippen MR) is 106 cm³/mol. The third kappa shape index (κ3) is 5.59. The van der Waals surface area contributed by atoms with Crippen LogP contribution in [0.2, 0.25) is 0 Å². The summed E-state index contributed by atoms with van der Waals surface area (Å²) in [6.45, 7) is 0.412. The highest BCUT2D eigenvalue weighted by Gasteiger charge is 2.03. The normalized spacial score (nSPS) is 10.7. The number of nitrogens with zero attached hydrogens (tertiary/aromatic N) is 3. The topological polar surface area (TPSA) is 75.8 Å². The molecule has 0 bridgehead atoms. The summed E-state index contributed by atoms with van der Waals surface area (Å²) >= 11 is 0. The summed E-state index contributed by atoms with van der Waals surface area (Å²) in [5.74, 6) is 1.93. The maximum atomic E-state index is 5.92. The molecule has 7 heteroatoms. The highest BCUT2D eigenvalue weighted by atomic mass is 127. The van der Waals surface area contributed by atoms with Crippen LogP contribution in [0.4, 0.5) is 11.5 Å². The number of para-hydroxylation sites is 2. The van der Waals surface area contributed by atoms with Gasteiger partial charge in [0.1, 0.15) is 11.6 Å². The van der Waals surface area contributed by atoms with Crippen molar-refractivity contribution in [1.82, 2.24) is 4.98 Å². The Morgan fingerprint density at radius 2 is 1.96 bits per heavy atom. The molecule has 0 radical (unpaired) electrons. The average Bonchev–Trinajstić information content (AvgIpc) is 2.53. The van der Waals surface area contributed by atoms with Gasteiger partial charge in [-0.1, -0.05) is 18.2 Å². The van der Waals surface area contributed by atoms with Crippen LogP contribution in [0, 0.1) is 0 Å². The number of guanidine groups is 1. The molecular weight excluding hydrogens is 405 g/mol. The number of rotatable bonds is 5. The Hall–Kier alpha value is -2.03. The number of hydrogen-bond donors (Lipinski definition) is 2. The van der Waals surface area contributed by atoms with Gasteiger partial charge in [0, 0.05) is 14.1 Å². The van der Waals surface area contributed by atoms with Crippen LogP contribution < -0.4 is 20.7 Å². The minimum atomic E-state index is 0. The number of aliphatic imine (C=N–C) groups is 1. The molecule has 1 heterocycles. The Morgan fingerprint density at radius 1 is 1.22 bits per heavy atom. The first-order chi connectivity index (χ1) is 10.6. The summed E-state index contributed by atoms with van der Waals surface area (Å²) in [4.78, 5) is 10.8. The number of hydrogen-bond acceptors (Lipinski definition) is 4. The molecule has 0 aliphatic rings. The van der Waals surface area contributed by atoms with Crippen molar-refractivity contribution in [2.24, 2.45) is 10.7 Å². The number of methoxy groups -OCH3 is 1. The maximum absolute atomic E-state index is 5.92. The van der Waals surface area contributed by atoms with Crippen molar-refractivity contribution in [3.8, 4) is 5.75 Å². The second-order valence-electron chi connectivity index (χ2n) is 4.91. The molecule has 0 aliphatic heterocycles. The van der Waals surface area contributed by atoms with Crippen molar-refractivity contribution in [1.29, 1.82) is 0 Å². The molecule has 124 valence electrons.